The smallest absolute Gasteiger partial charge is 0.190 e. The third-order valence-electron chi connectivity index (χ3n) is 3.65. The van der Waals surface area contributed by atoms with Gasteiger partial charge in [0.05, 0.1) is 24.0 Å². The van der Waals surface area contributed by atoms with Crippen LogP contribution >= 0.6 is 11.8 Å². The van der Waals surface area contributed by atoms with Crippen molar-refractivity contribution in [3.63, 3.8) is 0 Å². The summed E-state index contributed by atoms with van der Waals surface area (Å²) in [6.07, 6.45) is 0. The van der Waals surface area contributed by atoms with Crippen LogP contribution in [0.3, 0.4) is 0 Å². The number of aromatic amines is 1. The lowest BCUT2D eigenvalue weighted by atomic mass is 10.1. The molecule has 0 amide bonds. The number of ether oxygens (including phenoxy) is 1. The molecule has 2 aromatic rings. The first kappa shape index (κ1) is 18.3. The molecule has 0 aliphatic heterocycles. The van der Waals surface area contributed by atoms with E-state index in [0.717, 1.165) is 22.7 Å². The highest BCUT2D eigenvalue weighted by Gasteiger charge is 2.10. The Morgan fingerprint density at radius 3 is 2.88 bits per heavy atom. The van der Waals surface area contributed by atoms with E-state index >= 15 is 0 Å². The van der Waals surface area contributed by atoms with Gasteiger partial charge in [-0.1, -0.05) is 13.8 Å². The molecule has 2 N–H and O–H groups in total. The van der Waals surface area contributed by atoms with Crippen LogP contribution in [0, 0.1) is 6.92 Å². The Morgan fingerprint density at radius 2 is 2.25 bits per heavy atom. The number of fused-ring (bicyclic) bond motifs is 1. The molecule has 0 bridgehead atoms. The number of H-pyrrole nitrogens is 1. The van der Waals surface area contributed by atoms with Crippen LogP contribution in [0.15, 0.2) is 33.4 Å². The fourth-order valence-corrected chi connectivity index (χ4v) is 3.19. The predicted molar refractivity (Wildman–Crippen MR) is 104 cm³/mol. The quantitative estimate of drug-likeness (QED) is 0.458. The lowest BCUT2D eigenvalue weighted by molar-refractivity contribution is 0.412. The second kappa shape index (κ2) is 8.17. The van der Waals surface area contributed by atoms with Crippen molar-refractivity contribution in [1.82, 2.24) is 10.3 Å². The summed E-state index contributed by atoms with van der Waals surface area (Å²) < 4.78 is 5.34. The van der Waals surface area contributed by atoms with Gasteiger partial charge in [-0.3, -0.25) is 9.79 Å². The molecule has 0 fully saturated rings. The van der Waals surface area contributed by atoms with Crippen LogP contribution in [0.5, 0.6) is 5.75 Å². The van der Waals surface area contributed by atoms with E-state index in [1.54, 1.807) is 31.0 Å². The van der Waals surface area contributed by atoms with Crippen molar-refractivity contribution in [1.29, 1.82) is 0 Å². The zero-order chi connectivity index (χ0) is 17.7. The lowest BCUT2D eigenvalue weighted by Gasteiger charge is -2.10. The molecule has 0 spiro atoms. The van der Waals surface area contributed by atoms with Gasteiger partial charge in [0.25, 0.3) is 0 Å². The molecule has 1 aromatic heterocycles. The molecule has 6 heteroatoms. The van der Waals surface area contributed by atoms with Crippen molar-refractivity contribution in [3.8, 4) is 5.75 Å². The number of thioether (sulfide) groups is 1. The maximum Gasteiger partial charge on any atom is 0.190 e. The first-order valence-electron chi connectivity index (χ1n) is 7.70. The van der Waals surface area contributed by atoms with Gasteiger partial charge in [-0.15, -0.1) is 11.8 Å². The Bertz CT molecular complexity index is 825. The molecular weight excluding hydrogens is 322 g/mol. The Labute approximate surface area is 146 Å². The average molecular weight is 345 g/mol. The lowest BCUT2D eigenvalue weighted by Crippen LogP contribution is -2.21. The van der Waals surface area contributed by atoms with E-state index in [1.165, 1.54) is 0 Å². The molecule has 0 aliphatic rings. The molecule has 0 radical (unpaired) electrons. The second-order valence-electron chi connectivity index (χ2n) is 5.69. The largest absolute Gasteiger partial charge is 0.496 e. The first-order chi connectivity index (χ1) is 11.5. The molecule has 128 valence electrons. The van der Waals surface area contributed by atoms with Gasteiger partial charge in [-0.2, -0.15) is 0 Å². The van der Waals surface area contributed by atoms with Crippen LogP contribution in [0.25, 0.3) is 16.6 Å². The van der Waals surface area contributed by atoms with E-state index < -0.39 is 0 Å². The van der Waals surface area contributed by atoms with Crippen molar-refractivity contribution in [2.24, 2.45) is 4.99 Å². The van der Waals surface area contributed by atoms with Gasteiger partial charge in [-0.25, -0.2) is 0 Å². The van der Waals surface area contributed by atoms with Gasteiger partial charge in [0.15, 0.2) is 5.43 Å². The van der Waals surface area contributed by atoms with Crippen LogP contribution in [0.1, 0.15) is 25.1 Å². The maximum atomic E-state index is 12.4. The third kappa shape index (κ3) is 4.07. The molecule has 0 saturated carbocycles. The number of rotatable bonds is 7. The van der Waals surface area contributed by atoms with Gasteiger partial charge in [0.1, 0.15) is 5.75 Å². The number of pyridine rings is 1. The standard InChI is InChI=1S/C18H23N3O2S/c1-11(2)20-10-24-9-15(19-4)14-8-16(22)13-6-7-17(23-5)12(3)18(13)21-14/h6-9,11,20H,4,10H2,1-3,5H3,(H,21,22)/b15-9-. The molecule has 2 rings (SSSR count). The second-order valence-corrected chi connectivity index (χ2v) is 6.55. The van der Waals surface area contributed by atoms with Crippen molar-refractivity contribution in [3.05, 3.63) is 45.1 Å². The summed E-state index contributed by atoms with van der Waals surface area (Å²) in [5.74, 6) is 1.50. The minimum Gasteiger partial charge on any atom is -0.496 e. The summed E-state index contributed by atoms with van der Waals surface area (Å²) >= 11 is 1.58. The zero-order valence-electron chi connectivity index (χ0n) is 14.5. The number of nitrogens with zero attached hydrogens (tertiary/aromatic N) is 1. The SMILES string of the molecule is C=N/C(=C\SCNC(C)C)c1cc(=O)c2ccc(OC)c(C)c2[nH]1. The molecule has 1 aromatic carbocycles. The van der Waals surface area contributed by atoms with Gasteiger partial charge in [-0.05, 0) is 31.2 Å². The summed E-state index contributed by atoms with van der Waals surface area (Å²) in [7, 11) is 1.62. The molecule has 24 heavy (non-hydrogen) atoms. The summed E-state index contributed by atoms with van der Waals surface area (Å²) in [5.41, 5.74) is 2.90. The number of aliphatic imine (C=N–C) groups is 1. The fourth-order valence-electron chi connectivity index (χ4n) is 2.32. The molecule has 0 saturated heterocycles. The summed E-state index contributed by atoms with van der Waals surface area (Å²) in [6, 6.07) is 5.56. The Morgan fingerprint density at radius 1 is 1.50 bits per heavy atom. The van der Waals surface area contributed by atoms with Gasteiger partial charge in [0.2, 0.25) is 0 Å². The van der Waals surface area contributed by atoms with Gasteiger partial charge >= 0.3 is 0 Å². The number of hydrogen-bond acceptors (Lipinski definition) is 5. The fraction of sp³-hybridized carbons (Fsp3) is 0.333. The highest BCUT2D eigenvalue weighted by atomic mass is 32.2. The van der Waals surface area contributed by atoms with E-state index in [4.69, 9.17) is 4.74 Å². The van der Waals surface area contributed by atoms with Crippen molar-refractivity contribution in [2.45, 2.75) is 26.8 Å². The van der Waals surface area contributed by atoms with Crippen LogP contribution in [-0.2, 0) is 0 Å². The number of aromatic nitrogens is 1. The highest BCUT2D eigenvalue weighted by Crippen LogP contribution is 2.26. The molecule has 5 nitrogen and oxygen atoms in total. The Kier molecular flexibility index (Phi) is 6.23. The number of methoxy groups -OCH3 is 1. The predicted octanol–water partition coefficient (Wildman–Crippen LogP) is 3.53. The van der Waals surface area contributed by atoms with Gasteiger partial charge < -0.3 is 15.0 Å². The van der Waals surface area contributed by atoms with Crippen molar-refractivity contribution >= 4 is 35.1 Å². The minimum absolute atomic E-state index is 0.0515. The summed E-state index contributed by atoms with van der Waals surface area (Å²) in [6.45, 7) is 9.72. The van der Waals surface area contributed by atoms with Crippen LogP contribution < -0.4 is 15.5 Å². The van der Waals surface area contributed by atoms with E-state index in [0.29, 0.717) is 22.8 Å². The Hall–Kier alpha value is -2.05. The van der Waals surface area contributed by atoms with Crippen LogP contribution in [0.4, 0.5) is 0 Å². The molecule has 1 heterocycles. The summed E-state index contributed by atoms with van der Waals surface area (Å²) in [4.78, 5) is 19.8. The summed E-state index contributed by atoms with van der Waals surface area (Å²) in [5, 5.41) is 5.84. The molecule has 0 atom stereocenters. The third-order valence-corrected chi connectivity index (χ3v) is 4.38. The molecule has 0 unspecified atom stereocenters. The van der Waals surface area contributed by atoms with E-state index in [-0.39, 0.29) is 5.43 Å². The topological polar surface area (TPSA) is 66.5 Å². The maximum absolute atomic E-state index is 12.4. The zero-order valence-corrected chi connectivity index (χ0v) is 15.3. The normalized spacial score (nSPS) is 12.0. The van der Waals surface area contributed by atoms with E-state index in [2.05, 4.69) is 35.9 Å². The first-order valence-corrected chi connectivity index (χ1v) is 8.75. The van der Waals surface area contributed by atoms with Gasteiger partial charge in [0, 0.05) is 28.9 Å². The van der Waals surface area contributed by atoms with Crippen LogP contribution in [-0.4, -0.2) is 30.7 Å². The number of aryl methyl sites for hydroxylation is 1. The number of nitrogens with one attached hydrogen (secondary N) is 2. The monoisotopic (exact) mass is 345 g/mol. The van der Waals surface area contributed by atoms with Crippen molar-refractivity contribution in [2.75, 3.05) is 13.0 Å². The van der Waals surface area contributed by atoms with Crippen LogP contribution in [0.2, 0.25) is 0 Å². The molecule has 0 aliphatic carbocycles. The number of benzene rings is 1. The average Bonchev–Trinajstić information content (AvgIpc) is 2.55. The minimum atomic E-state index is -0.0515. The van der Waals surface area contributed by atoms with Crippen molar-refractivity contribution < 1.29 is 4.74 Å². The molecular formula is C18H23N3O2S. The van der Waals surface area contributed by atoms with E-state index in [9.17, 15) is 4.79 Å². The highest BCUT2D eigenvalue weighted by molar-refractivity contribution is 8.02. The van der Waals surface area contributed by atoms with E-state index in [1.807, 2.05) is 18.4 Å². The Balaban J connectivity index is 2.43. The number of hydrogen-bond donors (Lipinski definition) is 2.